The lowest BCUT2D eigenvalue weighted by molar-refractivity contribution is 0.0131. The molecule has 1 unspecified atom stereocenters. The van der Waals surface area contributed by atoms with E-state index in [1.54, 1.807) is 25.3 Å². The summed E-state index contributed by atoms with van der Waals surface area (Å²) in [5, 5.41) is 0.722. The number of likely N-dealkylation sites (tertiary alicyclic amines) is 1. The third-order valence-corrected chi connectivity index (χ3v) is 13.7. The molecule has 2 aromatic rings. The smallest absolute Gasteiger partial charge is 0.329 e. The van der Waals surface area contributed by atoms with Crippen LogP contribution in [0.1, 0.15) is 66.9 Å². The van der Waals surface area contributed by atoms with Crippen molar-refractivity contribution in [2.45, 2.75) is 69.8 Å². The number of anilines is 1. The van der Waals surface area contributed by atoms with E-state index in [-0.39, 0.29) is 54.2 Å². The fourth-order valence-electron chi connectivity index (χ4n) is 8.71. The van der Waals surface area contributed by atoms with Gasteiger partial charge in [-0.1, -0.05) is 36.7 Å². The predicted octanol–water partition coefficient (Wildman–Crippen LogP) is 7.27. The van der Waals surface area contributed by atoms with E-state index in [9.17, 15) is 22.6 Å². The fourth-order valence-corrected chi connectivity index (χ4v) is 10.8. The number of ether oxygens (including phenoxy) is 2. The molecule has 13 heteroatoms. The first kappa shape index (κ1) is 36.2. The zero-order chi connectivity index (χ0) is 35.9. The summed E-state index contributed by atoms with van der Waals surface area (Å²) < 4.78 is 59.5. The summed E-state index contributed by atoms with van der Waals surface area (Å²) in [4.78, 5) is 30.8. The van der Waals surface area contributed by atoms with Crippen molar-refractivity contribution in [3.8, 4) is 5.75 Å². The number of fused-ring (bicyclic) bond motifs is 4. The summed E-state index contributed by atoms with van der Waals surface area (Å²) in [7, 11) is -1.85. The number of methoxy groups -OCH3 is 1. The highest BCUT2D eigenvalue weighted by Crippen LogP contribution is 2.47. The standard InChI is InChI=1S/C38H47ClF2N4O5S/c1-24-5-3-7-33(49-2)30-11-8-28(30)20-45-22-38(14-4-6-26-16-29(39)10-12-31(26)38)23-50-34-13-9-27(17-32(34)45)36(46)42-51(48,21-24)43-37(47)44-18-25(19-44)15-35(40)41/h3,7,9-10,12-13,16-17,24-25,28,30,33,35H,4-6,8,11,14-15,18-23H2,1-2H3,(H,42,43,46,47,48)/b7-3-/t24-,28-,30+,33-,38-,51?/m0/s1. The molecule has 276 valence electrons. The maximum Gasteiger partial charge on any atom is 0.329 e. The molecule has 2 aliphatic carbocycles. The molecule has 7 rings (SSSR count). The van der Waals surface area contributed by atoms with E-state index in [1.807, 2.05) is 19.1 Å². The van der Waals surface area contributed by atoms with Crippen molar-refractivity contribution in [1.82, 2.24) is 9.62 Å². The molecule has 0 aromatic heterocycles. The van der Waals surface area contributed by atoms with Gasteiger partial charge in [0.05, 0.1) is 24.2 Å². The number of nitrogens with zero attached hydrogens (tertiary/aromatic N) is 3. The minimum Gasteiger partial charge on any atom is -0.490 e. The molecule has 1 N–H and O–H groups in total. The van der Waals surface area contributed by atoms with E-state index in [1.165, 1.54) is 16.0 Å². The summed E-state index contributed by atoms with van der Waals surface area (Å²) in [6.45, 7) is 4.09. The van der Waals surface area contributed by atoms with Gasteiger partial charge in [-0.05, 0) is 104 Å². The molecule has 2 fully saturated rings. The number of carbonyl (C=O) groups excluding carboxylic acids is 2. The van der Waals surface area contributed by atoms with Gasteiger partial charge in [0.15, 0.2) is 0 Å². The Morgan fingerprint density at radius 2 is 2.02 bits per heavy atom. The maximum atomic E-state index is 14.4. The van der Waals surface area contributed by atoms with Crippen LogP contribution in [0.15, 0.2) is 52.9 Å². The molecule has 0 radical (unpaired) electrons. The highest BCUT2D eigenvalue weighted by Gasteiger charge is 2.44. The Bertz CT molecular complexity index is 1810. The number of alkyl halides is 2. The van der Waals surface area contributed by atoms with Gasteiger partial charge in [-0.25, -0.2) is 17.8 Å². The number of benzene rings is 2. The largest absolute Gasteiger partial charge is 0.490 e. The molecule has 2 aromatic carbocycles. The summed E-state index contributed by atoms with van der Waals surface area (Å²) in [6.07, 6.45) is 6.85. The molecule has 51 heavy (non-hydrogen) atoms. The van der Waals surface area contributed by atoms with E-state index in [0.29, 0.717) is 37.2 Å². The van der Waals surface area contributed by atoms with E-state index < -0.39 is 28.3 Å². The number of carbonyl (C=O) groups is 2. The Hall–Kier alpha value is -3.22. The molecule has 9 nitrogen and oxygen atoms in total. The average Bonchev–Trinajstić information content (AvgIpc) is 3.19. The van der Waals surface area contributed by atoms with Crippen molar-refractivity contribution in [3.63, 3.8) is 0 Å². The number of hydrogen-bond donors (Lipinski definition) is 1. The van der Waals surface area contributed by atoms with Gasteiger partial charge in [-0.3, -0.25) is 9.52 Å². The topological polar surface area (TPSA) is 101 Å². The molecule has 5 aliphatic rings. The van der Waals surface area contributed by atoms with Crippen LogP contribution in [0.5, 0.6) is 5.75 Å². The Morgan fingerprint density at radius 1 is 1.20 bits per heavy atom. The lowest BCUT2D eigenvalue weighted by Gasteiger charge is -2.46. The number of rotatable bonds is 4. The van der Waals surface area contributed by atoms with Gasteiger partial charge >= 0.3 is 6.03 Å². The SMILES string of the molecule is CO[C@H]1/C=C\C[C@H](C)CS(=O)(NC(=O)N2CC(CC(F)F)C2)=NC(=O)c2ccc3c(c2)N(C[C@@H]2CC[C@H]21)C[C@@]1(CCCc2cc(Cl)ccc21)CO3. The Kier molecular flexibility index (Phi) is 10.4. The van der Waals surface area contributed by atoms with Crippen LogP contribution in [-0.2, 0) is 26.5 Å². The van der Waals surface area contributed by atoms with Crippen LogP contribution in [0.25, 0.3) is 0 Å². The van der Waals surface area contributed by atoms with E-state index >= 15 is 0 Å². The third kappa shape index (κ3) is 7.64. The van der Waals surface area contributed by atoms with Crippen LogP contribution in [0, 0.1) is 23.7 Å². The molecule has 6 atom stereocenters. The summed E-state index contributed by atoms with van der Waals surface area (Å²) >= 11 is 6.44. The molecule has 1 spiro atoms. The van der Waals surface area contributed by atoms with Gasteiger partial charge < -0.3 is 19.3 Å². The monoisotopic (exact) mass is 744 g/mol. The number of nitrogens with one attached hydrogen (secondary N) is 1. The van der Waals surface area contributed by atoms with Gasteiger partial charge in [0, 0.05) is 55.7 Å². The minimum absolute atomic E-state index is 0.0566. The van der Waals surface area contributed by atoms with Gasteiger partial charge in [0.25, 0.3) is 5.91 Å². The van der Waals surface area contributed by atoms with Crippen molar-refractivity contribution in [1.29, 1.82) is 0 Å². The number of amides is 3. The lowest BCUT2D eigenvalue weighted by Crippen LogP contribution is -2.55. The van der Waals surface area contributed by atoms with Gasteiger partial charge in [0.1, 0.15) is 15.7 Å². The molecular formula is C38H47ClF2N4O5S. The Morgan fingerprint density at radius 3 is 2.76 bits per heavy atom. The lowest BCUT2D eigenvalue weighted by atomic mass is 9.68. The predicted molar refractivity (Wildman–Crippen MR) is 194 cm³/mol. The van der Waals surface area contributed by atoms with Crippen LogP contribution >= 0.6 is 11.6 Å². The molecule has 3 heterocycles. The van der Waals surface area contributed by atoms with E-state index in [0.717, 1.165) is 49.4 Å². The number of hydrogen-bond acceptors (Lipinski definition) is 6. The van der Waals surface area contributed by atoms with Gasteiger partial charge in [-0.15, -0.1) is 4.36 Å². The van der Waals surface area contributed by atoms with Gasteiger partial charge in [0.2, 0.25) is 6.43 Å². The summed E-state index contributed by atoms with van der Waals surface area (Å²) in [5.74, 6) is 0.0690. The first-order valence-corrected chi connectivity index (χ1v) is 20.1. The number of urea groups is 1. The first-order valence-electron chi connectivity index (χ1n) is 18.1. The molecule has 2 bridgehead atoms. The molecular weight excluding hydrogens is 698 g/mol. The molecule has 1 saturated carbocycles. The number of halogens is 3. The second-order valence-electron chi connectivity index (χ2n) is 15.3. The van der Waals surface area contributed by atoms with Crippen molar-refractivity contribution in [3.05, 3.63) is 70.3 Å². The van der Waals surface area contributed by atoms with Crippen molar-refractivity contribution in [2.75, 3.05) is 50.5 Å². The highest BCUT2D eigenvalue weighted by molar-refractivity contribution is 7.92. The van der Waals surface area contributed by atoms with Crippen molar-refractivity contribution in [2.24, 2.45) is 28.0 Å². The number of allylic oxidation sites excluding steroid dienone is 1. The Labute approximate surface area is 304 Å². The zero-order valence-electron chi connectivity index (χ0n) is 29.2. The summed E-state index contributed by atoms with van der Waals surface area (Å²) in [6, 6.07) is 10.7. The minimum atomic E-state index is -3.59. The zero-order valence-corrected chi connectivity index (χ0v) is 30.8. The van der Waals surface area contributed by atoms with E-state index in [2.05, 4.69) is 32.2 Å². The second-order valence-corrected chi connectivity index (χ2v) is 17.7. The number of aryl methyl sites for hydroxylation is 1. The summed E-state index contributed by atoms with van der Waals surface area (Å²) in [5.41, 5.74) is 3.24. The second kappa shape index (κ2) is 14.7. The first-order chi connectivity index (χ1) is 24.4. The van der Waals surface area contributed by atoms with Crippen molar-refractivity contribution < 1.29 is 32.1 Å². The quantitative estimate of drug-likeness (QED) is 0.331. The maximum absolute atomic E-state index is 14.4. The fraction of sp³-hybridized carbons (Fsp3) is 0.579. The highest BCUT2D eigenvalue weighted by atomic mass is 35.5. The van der Waals surface area contributed by atoms with Crippen LogP contribution in [0.2, 0.25) is 5.02 Å². The van der Waals surface area contributed by atoms with Crippen LogP contribution in [-0.4, -0.2) is 79.2 Å². The van der Waals surface area contributed by atoms with Crippen LogP contribution in [0.4, 0.5) is 19.3 Å². The van der Waals surface area contributed by atoms with Crippen LogP contribution < -0.4 is 14.4 Å². The Balaban J connectivity index is 1.25. The average molecular weight is 745 g/mol. The van der Waals surface area contributed by atoms with Gasteiger partial charge in [-0.2, -0.15) is 0 Å². The molecule has 1 saturated heterocycles. The molecule has 3 amide bonds. The normalized spacial score (nSPS) is 31.7. The van der Waals surface area contributed by atoms with E-state index in [4.69, 9.17) is 21.1 Å². The van der Waals surface area contributed by atoms with Crippen LogP contribution in [0.3, 0.4) is 0 Å². The third-order valence-electron chi connectivity index (χ3n) is 11.5. The molecule has 3 aliphatic heterocycles. The van der Waals surface area contributed by atoms with Crippen molar-refractivity contribution >= 4 is 39.1 Å².